The van der Waals surface area contributed by atoms with Crippen LogP contribution in [0, 0.1) is 11.7 Å². The average Bonchev–Trinajstić information content (AvgIpc) is 2.63. The molecule has 3 rings (SSSR count). The maximum absolute atomic E-state index is 14.3. The van der Waals surface area contributed by atoms with E-state index in [9.17, 15) is 9.18 Å². The Morgan fingerprint density at radius 2 is 2.15 bits per heavy atom. The topological polar surface area (TPSA) is 77.2 Å². The second-order valence-electron chi connectivity index (χ2n) is 6.51. The Morgan fingerprint density at radius 1 is 1.35 bits per heavy atom. The Bertz CT molecular complexity index is 815. The number of hydrogen-bond donors (Lipinski definition) is 2. The molecule has 138 valence electrons. The number of aromatic nitrogens is 1. The van der Waals surface area contributed by atoms with Gasteiger partial charge in [0.05, 0.1) is 13.3 Å². The first-order valence-corrected chi connectivity index (χ1v) is 8.91. The molecule has 0 bridgehead atoms. The predicted octanol–water partition coefficient (Wildman–Crippen LogP) is 4.01. The molecule has 1 heterocycles. The van der Waals surface area contributed by atoms with Crippen LogP contribution in [0.25, 0.3) is 11.1 Å². The third kappa shape index (κ3) is 4.14. The number of carbonyl (C=O) groups excluding carboxylic acids is 1. The van der Waals surface area contributed by atoms with Gasteiger partial charge in [0.2, 0.25) is 5.91 Å². The van der Waals surface area contributed by atoms with Gasteiger partial charge in [0.1, 0.15) is 17.4 Å². The third-order valence-corrected chi connectivity index (χ3v) is 4.88. The summed E-state index contributed by atoms with van der Waals surface area (Å²) in [5.41, 5.74) is 6.77. The number of nitrogens with zero attached hydrogens (tertiary/aromatic N) is 1. The van der Waals surface area contributed by atoms with Crippen LogP contribution in [-0.4, -0.2) is 24.0 Å². The maximum Gasteiger partial charge on any atom is 0.228 e. The van der Waals surface area contributed by atoms with Crippen molar-refractivity contribution in [1.82, 2.24) is 4.98 Å². The Morgan fingerprint density at radius 3 is 2.88 bits per heavy atom. The van der Waals surface area contributed by atoms with Gasteiger partial charge in [-0.05, 0) is 43.5 Å². The predicted molar refractivity (Wildman–Crippen MR) is 99.8 cm³/mol. The van der Waals surface area contributed by atoms with E-state index in [1.807, 2.05) is 0 Å². The number of hydrogen-bond acceptors (Lipinski definition) is 4. The highest BCUT2D eigenvalue weighted by Crippen LogP contribution is 2.35. The van der Waals surface area contributed by atoms with Crippen molar-refractivity contribution in [2.75, 3.05) is 12.4 Å². The van der Waals surface area contributed by atoms with Gasteiger partial charge in [-0.15, -0.1) is 0 Å². The van der Waals surface area contributed by atoms with E-state index in [2.05, 4.69) is 10.3 Å². The van der Waals surface area contributed by atoms with E-state index in [1.54, 1.807) is 18.2 Å². The van der Waals surface area contributed by atoms with Crippen LogP contribution in [-0.2, 0) is 4.79 Å². The first kappa shape index (κ1) is 18.6. The van der Waals surface area contributed by atoms with Crippen molar-refractivity contribution >= 4 is 23.3 Å². The molecule has 3 N–H and O–H groups in total. The van der Waals surface area contributed by atoms with Gasteiger partial charge >= 0.3 is 0 Å². The van der Waals surface area contributed by atoms with Crippen molar-refractivity contribution in [3.8, 4) is 16.9 Å². The van der Waals surface area contributed by atoms with E-state index in [1.165, 1.54) is 13.2 Å². The van der Waals surface area contributed by atoms with Crippen LogP contribution >= 0.6 is 11.6 Å². The lowest BCUT2D eigenvalue weighted by Crippen LogP contribution is -2.34. The number of ether oxygens (including phenoxy) is 1. The highest BCUT2D eigenvalue weighted by molar-refractivity contribution is 6.30. The molecule has 2 atom stereocenters. The summed E-state index contributed by atoms with van der Waals surface area (Å²) in [5, 5.41) is 3.27. The first-order valence-electron chi connectivity index (χ1n) is 8.54. The normalized spacial score (nSPS) is 19.8. The molecule has 0 radical (unpaired) electrons. The molecule has 1 aromatic heterocycles. The zero-order chi connectivity index (χ0) is 18.7. The van der Waals surface area contributed by atoms with Crippen molar-refractivity contribution in [2.45, 2.75) is 31.7 Å². The van der Waals surface area contributed by atoms with Gasteiger partial charge < -0.3 is 15.8 Å². The van der Waals surface area contributed by atoms with Gasteiger partial charge in [0.25, 0.3) is 0 Å². The summed E-state index contributed by atoms with van der Waals surface area (Å²) >= 11 is 5.97. The lowest BCUT2D eigenvalue weighted by molar-refractivity contribution is -0.120. The van der Waals surface area contributed by atoms with Crippen LogP contribution < -0.4 is 15.8 Å². The van der Waals surface area contributed by atoms with Crippen molar-refractivity contribution in [2.24, 2.45) is 11.7 Å². The molecule has 1 saturated carbocycles. The monoisotopic (exact) mass is 377 g/mol. The van der Waals surface area contributed by atoms with E-state index in [0.29, 0.717) is 28.6 Å². The lowest BCUT2D eigenvalue weighted by Gasteiger charge is -2.25. The fourth-order valence-corrected chi connectivity index (χ4v) is 3.46. The van der Waals surface area contributed by atoms with E-state index < -0.39 is 5.82 Å². The highest BCUT2D eigenvalue weighted by Gasteiger charge is 2.26. The molecule has 0 aliphatic heterocycles. The number of methoxy groups -OCH3 is 1. The van der Waals surface area contributed by atoms with Crippen LogP contribution in [0.4, 0.5) is 10.2 Å². The molecular weight excluding hydrogens is 357 g/mol. The summed E-state index contributed by atoms with van der Waals surface area (Å²) in [4.78, 5) is 16.5. The molecule has 1 aliphatic carbocycles. The Labute approximate surface area is 156 Å². The van der Waals surface area contributed by atoms with Crippen molar-refractivity contribution in [3.05, 3.63) is 41.3 Å². The first-order chi connectivity index (χ1) is 12.5. The fourth-order valence-electron chi connectivity index (χ4n) is 3.30. The lowest BCUT2D eigenvalue weighted by atomic mass is 9.85. The van der Waals surface area contributed by atoms with Crippen LogP contribution in [0.5, 0.6) is 5.75 Å². The number of anilines is 1. The number of nitrogens with two attached hydrogens (primary N) is 1. The van der Waals surface area contributed by atoms with Crippen LogP contribution in [0.15, 0.2) is 30.5 Å². The molecule has 1 aliphatic rings. The smallest absolute Gasteiger partial charge is 0.228 e. The maximum atomic E-state index is 14.3. The third-order valence-electron chi connectivity index (χ3n) is 4.65. The highest BCUT2D eigenvalue weighted by atomic mass is 35.5. The minimum absolute atomic E-state index is 0.0505. The van der Waals surface area contributed by atoms with Gasteiger partial charge in [0, 0.05) is 28.1 Å². The number of carbonyl (C=O) groups is 1. The number of amides is 1. The number of rotatable bonds is 4. The summed E-state index contributed by atoms with van der Waals surface area (Å²) in [6.45, 7) is 0. The summed E-state index contributed by atoms with van der Waals surface area (Å²) < 4.78 is 19.6. The van der Waals surface area contributed by atoms with Crippen LogP contribution in [0.2, 0.25) is 5.02 Å². The van der Waals surface area contributed by atoms with Gasteiger partial charge in [0.15, 0.2) is 0 Å². The minimum atomic E-state index is -0.511. The second-order valence-corrected chi connectivity index (χ2v) is 6.94. The molecule has 0 saturated heterocycles. The number of nitrogens with one attached hydrogen (secondary N) is 1. The van der Waals surface area contributed by atoms with Crippen molar-refractivity contribution in [3.63, 3.8) is 0 Å². The molecule has 1 aromatic carbocycles. The molecule has 0 unspecified atom stereocenters. The largest absolute Gasteiger partial charge is 0.496 e. The van der Waals surface area contributed by atoms with Gasteiger partial charge in [-0.2, -0.15) is 0 Å². The van der Waals surface area contributed by atoms with E-state index in [-0.39, 0.29) is 23.4 Å². The minimum Gasteiger partial charge on any atom is -0.496 e. The van der Waals surface area contributed by atoms with Crippen molar-refractivity contribution < 1.29 is 13.9 Å². The van der Waals surface area contributed by atoms with Gasteiger partial charge in [-0.3, -0.25) is 4.79 Å². The SMILES string of the molecule is COc1cc(Cl)ccc1-c1cc(NC(=O)[C@H]2CCC[C@@H](N)C2)ncc1F. The van der Waals surface area contributed by atoms with E-state index >= 15 is 0 Å². The molecule has 2 aromatic rings. The quantitative estimate of drug-likeness (QED) is 0.844. The molecule has 26 heavy (non-hydrogen) atoms. The Kier molecular flexibility index (Phi) is 5.74. The molecule has 5 nitrogen and oxygen atoms in total. The summed E-state index contributed by atoms with van der Waals surface area (Å²) in [6.07, 6.45) is 4.43. The molecular formula is C19H21ClFN3O2. The Balaban J connectivity index is 1.85. The second kappa shape index (κ2) is 8.01. The Hall–Kier alpha value is -2.18. The van der Waals surface area contributed by atoms with E-state index in [4.69, 9.17) is 22.1 Å². The molecule has 0 spiro atoms. The molecule has 1 fully saturated rings. The fraction of sp³-hybridized carbons (Fsp3) is 0.368. The van der Waals surface area contributed by atoms with Crippen molar-refractivity contribution in [1.29, 1.82) is 0 Å². The molecule has 7 heteroatoms. The standard InChI is InChI=1S/C19H21ClFN3O2/c1-26-17-8-12(20)5-6-14(17)15-9-18(23-10-16(15)21)24-19(25)11-3-2-4-13(22)7-11/h5-6,8-11,13H,2-4,7,22H2,1H3,(H,23,24,25)/t11-,13+/m0/s1. The molecule has 1 amide bonds. The summed E-state index contributed by atoms with van der Waals surface area (Å²) in [7, 11) is 1.49. The summed E-state index contributed by atoms with van der Waals surface area (Å²) in [6, 6.07) is 6.49. The zero-order valence-electron chi connectivity index (χ0n) is 14.5. The number of pyridine rings is 1. The average molecular weight is 378 g/mol. The van der Waals surface area contributed by atoms with Gasteiger partial charge in [-0.1, -0.05) is 18.0 Å². The zero-order valence-corrected chi connectivity index (χ0v) is 15.2. The van der Waals surface area contributed by atoms with Crippen LogP contribution in [0.1, 0.15) is 25.7 Å². The summed E-state index contributed by atoms with van der Waals surface area (Å²) in [5.74, 6) is -0.0450. The van der Waals surface area contributed by atoms with Gasteiger partial charge in [-0.25, -0.2) is 9.37 Å². The number of halogens is 2. The number of benzene rings is 1. The van der Waals surface area contributed by atoms with Crippen LogP contribution in [0.3, 0.4) is 0 Å². The van der Waals surface area contributed by atoms with E-state index in [0.717, 1.165) is 25.5 Å².